The van der Waals surface area contributed by atoms with Gasteiger partial charge in [0.1, 0.15) is 11.9 Å². The predicted octanol–water partition coefficient (Wildman–Crippen LogP) is 1.99. The first-order chi connectivity index (χ1) is 14.2. The number of imidazole rings is 1. The van der Waals surface area contributed by atoms with Gasteiger partial charge in [0.25, 0.3) is 10.0 Å². The highest BCUT2D eigenvalue weighted by molar-refractivity contribution is 7.89. The van der Waals surface area contributed by atoms with Gasteiger partial charge in [0.15, 0.2) is 5.03 Å². The standard InChI is InChI=1S/C19H25N5O5S/c1-23(2)30(28,29)17-11-24(12-21-17)15(9-13-5-3-4-6-13)18(25)22-16-8-7-14(10-20-16)19(26)27/h7-8,10-13,15H,3-6,9H2,1-2H3,(H,26,27)(H,20,22,25). The number of rotatable bonds is 8. The molecule has 0 aliphatic heterocycles. The number of amides is 1. The summed E-state index contributed by atoms with van der Waals surface area (Å²) in [6.07, 6.45) is 8.72. The molecule has 3 rings (SSSR count). The number of nitrogens with zero attached hydrogens (tertiary/aromatic N) is 4. The van der Waals surface area contributed by atoms with E-state index in [9.17, 15) is 18.0 Å². The molecule has 1 saturated carbocycles. The minimum Gasteiger partial charge on any atom is -0.478 e. The van der Waals surface area contributed by atoms with E-state index in [1.165, 1.54) is 49.5 Å². The zero-order chi connectivity index (χ0) is 21.9. The second-order valence-electron chi connectivity index (χ2n) is 7.58. The average Bonchev–Trinajstić information content (AvgIpc) is 3.38. The van der Waals surface area contributed by atoms with Crippen molar-refractivity contribution in [3.05, 3.63) is 36.4 Å². The minimum atomic E-state index is -3.71. The fourth-order valence-corrected chi connectivity index (χ4v) is 4.35. The number of pyridine rings is 1. The van der Waals surface area contributed by atoms with Crippen LogP contribution < -0.4 is 5.32 Å². The number of nitrogens with one attached hydrogen (secondary N) is 1. The molecule has 0 saturated heterocycles. The first-order valence-electron chi connectivity index (χ1n) is 9.64. The van der Waals surface area contributed by atoms with Crippen molar-refractivity contribution in [2.45, 2.75) is 43.2 Å². The van der Waals surface area contributed by atoms with Crippen LogP contribution in [0.1, 0.15) is 48.5 Å². The Balaban J connectivity index is 1.84. The van der Waals surface area contributed by atoms with Gasteiger partial charge < -0.3 is 15.0 Å². The Morgan fingerprint density at radius 1 is 1.27 bits per heavy atom. The van der Waals surface area contributed by atoms with Crippen molar-refractivity contribution < 1.29 is 23.1 Å². The highest BCUT2D eigenvalue weighted by atomic mass is 32.2. The number of carbonyl (C=O) groups excluding carboxylic acids is 1. The van der Waals surface area contributed by atoms with Crippen LogP contribution in [0.2, 0.25) is 0 Å². The predicted molar refractivity (Wildman–Crippen MR) is 109 cm³/mol. The topological polar surface area (TPSA) is 134 Å². The number of anilines is 1. The molecule has 10 nitrogen and oxygen atoms in total. The van der Waals surface area contributed by atoms with Crippen molar-refractivity contribution in [2.75, 3.05) is 19.4 Å². The molecular formula is C19H25N5O5S. The molecule has 162 valence electrons. The number of hydrogen-bond acceptors (Lipinski definition) is 6. The van der Waals surface area contributed by atoms with E-state index in [0.717, 1.165) is 30.0 Å². The maximum absolute atomic E-state index is 13.0. The van der Waals surface area contributed by atoms with Crippen LogP contribution in [0, 0.1) is 5.92 Å². The summed E-state index contributed by atoms with van der Waals surface area (Å²) >= 11 is 0. The lowest BCUT2D eigenvalue weighted by atomic mass is 9.97. The Labute approximate surface area is 175 Å². The van der Waals surface area contributed by atoms with Crippen molar-refractivity contribution in [1.82, 2.24) is 18.8 Å². The normalized spacial score (nSPS) is 16.0. The Kier molecular flexibility index (Phi) is 6.52. The van der Waals surface area contributed by atoms with Crippen LogP contribution in [-0.2, 0) is 14.8 Å². The average molecular weight is 436 g/mol. The van der Waals surface area contributed by atoms with Gasteiger partial charge in [0, 0.05) is 26.5 Å². The molecule has 1 amide bonds. The highest BCUT2D eigenvalue weighted by Crippen LogP contribution is 2.33. The molecule has 1 atom stereocenters. The van der Waals surface area contributed by atoms with Gasteiger partial charge in [-0.1, -0.05) is 25.7 Å². The van der Waals surface area contributed by atoms with Gasteiger partial charge >= 0.3 is 5.97 Å². The van der Waals surface area contributed by atoms with E-state index < -0.39 is 22.0 Å². The van der Waals surface area contributed by atoms with Crippen molar-refractivity contribution in [1.29, 1.82) is 0 Å². The summed E-state index contributed by atoms with van der Waals surface area (Å²) in [5, 5.41) is 11.5. The van der Waals surface area contributed by atoms with E-state index in [1.54, 1.807) is 0 Å². The molecule has 30 heavy (non-hydrogen) atoms. The van der Waals surface area contributed by atoms with E-state index in [-0.39, 0.29) is 22.3 Å². The van der Waals surface area contributed by atoms with Crippen LogP contribution in [0.5, 0.6) is 0 Å². The highest BCUT2D eigenvalue weighted by Gasteiger charge is 2.29. The molecule has 0 aromatic carbocycles. The summed E-state index contributed by atoms with van der Waals surface area (Å²) in [6, 6.07) is 2.12. The number of aromatic nitrogens is 3. The first kappa shape index (κ1) is 21.9. The Bertz CT molecular complexity index is 1010. The molecule has 1 aliphatic rings. The van der Waals surface area contributed by atoms with Crippen molar-refractivity contribution >= 4 is 27.7 Å². The number of carboxylic acid groups (broad SMARTS) is 1. The second-order valence-corrected chi connectivity index (χ2v) is 9.67. The van der Waals surface area contributed by atoms with Crippen molar-refractivity contribution in [2.24, 2.45) is 5.92 Å². The van der Waals surface area contributed by atoms with Gasteiger partial charge in [-0.15, -0.1) is 0 Å². The maximum Gasteiger partial charge on any atom is 0.337 e. The van der Waals surface area contributed by atoms with E-state index in [1.807, 2.05) is 0 Å². The molecule has 1 aliphatic carbocycles. The molecule has 11 heteroatoms. The fraction of sp³-hybridized carbons (Fsp3) is 0.474. The Morgan fingerprint density at radius 3 is 2.53 bits per heavy atom. The van der Waals surface area contributed by atoms with Crippen LogP contribution in [0.4, 0.5) is 5.82 Å². The number of hydrogen-bond donors (Lipinski definition) is 2. The lowest BCUT2D eigenvalue weighted by Crippen LogP contribution is -2.27. The van der Waals surface area contributed by atoms with Gasteiger partial charge in [-0.3, -0.25) is 4.79 Å². The summed E-state index contributed by atoms with van der Waals surface area (Å²) < 4.78 is 27.3. The third-order valence-corrected chi connectivity index (χ3v) is 6.98. The summed E-state index contributed by atoms with van der Waals surface area (Å²) in [7, 11) is -0.872. The molecule has 2 N–H and O–H groups in total. The lowest BCUT2D eigenvalue weighted by Gasteiger charge is -2.21. The zero-order valence-corrected chi connectivity index (χ0v) is 17.7. The second kappa shape index (κ2) is 8.92. The SMILES string of the molecule is CN(C)S(=O)(=O)c1cn(C(CC2CCCC2)C(=O)Nc2ccc(C(=O)O)cn2)cn1. The van der Waals surface area contributed by atoms with E-state index in [2.05, 4.69) is 15.3 Å². The monoisotopic (exact) mass is 435 g/mol. The summed E-state index contributed by atoms with van der Waals surface area (Å²) in [4.78, 5) is 32.0. The van der Waals surface area contributed by atoms with Gasteiger partial charge in [-0.25, -0.2) is 27.5 Å². The molecule has 2 aromatic rings. The number of sulfonamides is 1. The van der Waals surface area contributed by atoms with Crippen LogP contribution in [0.15, 0.2) is 35.9 Å². The third-order valence-electron chi connectivity index (χ3n) is 5.28. The van der Waals surface area contributed by atoms with Crippen molar-refractivity contribution in [3.63, 3.8) is 0 Å². The van der Waals surface area contributed by atoms with Crippen LogP contribution in [0.25, 0.3) is 0 Å². The fourth-order valence-electron chi connectivity index (χ4n) is 3.54. The van der Waals surface area contributed by atoms with Crippen LogP contribution in [0.3, 0.4) is 0 Å². The smallest absolute Gasteiger partial charge is 0.337 e. The number of carbonyl (C=O) groups is 2. The van der Waals surface area contributed by atoms with E-state index in [4.69, 9.17) is 5.11 Å². The van der Waals surface area contributed by atoms with Gasteiger partial charge in [0.2, 0.25) is 5.91 Å². The van der Waals surface area contributed by atoms with Crippen molar-refractivity contribution in [3.8, 4) is 0 Å². The van der Waals surface area contributed by atoms with Gasteiger partial charge in [0.05, 0.1) is 11.9 Å². The van der Waals surface area contributed by atoms with E-state index in [0.29, 0.717) is 12.3 Å². The molecule has 1 unspecified atom stereocenters. The molecular weight excluding hydrogens is 410 g/mol. The molecule has 0 radical (unpaired) electrons. The minimum absolute atomic E-state index is 0.0173. The molecule has 0 bridgehead atoms. The molecule has 1 fully saturated rings. The Hall–Kier alpha value is -2.79. The zero-order valence-electron chi connectivity index (χ0n) is 16.9. The third kappa shape index (κ3) is 4.85. The summed E-state index contributed by atoms with van der Waals surface area (Å²) in [5.41, 5.74) is 0.0173. The summed E-state index contributed by atoms with van der Waals surface area (Å²) in [6.45, 7) is 0. The number of carboxylic acids is 1. The summed E-state index contributed by atoms with van der Waals surface area (Å²) in [5.74, 6) is -0.877. The van der Waals surface area contributed by atoms with E-state index >= 15 is 0 Å². The Morgan fingerprint density at radius 2 is 1.97 bits per heavy atom. The van der Waals surface area contributed by atoms with Crippen LogP contribution >= 0.6 is 0 Å². The quantitative estimate of drug-likeness (QED) is 0.647. The molecule has 2 heterocycles. The van der Waals surface area contributed by atoms with Gasteiger partial charge in [-0.2, -0.15) is 0 Å². The molecule has 2 aromatic heterocycles. The van der Waals surface area contributed by atoms with Gasteiger partial charge in [-0.05, 0) is 24.5 Å². The lowest BCUT2D eigenvalue weighted by molar-refractivity contribution is -0.119. The number of aromatic carboxylic acids is 1. The molecule has 0 spiro atoms. The maximum atomic E-state index is 13.0. The largest absolute Gasteiger partial charge is 0.478 e. The van der Waals surface area contributed by atoms with Crippen LogP contribution in [-0.4, -0.2) is 58.3 Å². The first-order valence-corrected chi connectivity index (χ1v) is 11.1.